The second-order valence-corrected chi connectivity index (χ2v) is 13.6. The zero-order chi connectivity index (χ0) is 38.0. The number of para-hydroxylation sites is 1. The van der Waals surface area contributed by atoms with Crippen molar-refractivity contribution in [1.29, 1.82) is 0 Å². The maximum Gasteiger partial charge on any atom is 0.408 e. The summed E-state index contributed by atoms with van der Waals surface area (Å²) in [5.74, 6) is -1.82. The number of anilines is 1. The van der Waals surface area contributed by atoms with Crippen LogP contribution in [0.1, 0.15) is 52.0 Å². The van der Waals surface area contributed by atoms with Crippen LogP contribution in [0.15, 0.2) is 115 Å². The van der Waals surface area contributed by atoms with E-state index in [-0.39, 0.29) is 43.7 Å². The van der Waals surface area contributed by atoms with Crippen LogP contribution in [-0.2, 0) is 25.7 Å². The average Bonchev–Trinajstić information content (AvgIpc) is 3.57. The smallest absolute Gasteiger partial charge is 0.408 e. The monoisotopic (exact) mass is 721 g/mol. The van der Waals surface area contributed by atoms with Crippen molar-refractivity contribution in [2.24, 2.45) is 11.7 Å². The predicted octanol–water partition coefficient (Wildman–Crippen LogP) is 5.56. The van der Waals surface area contributed by atoms with Gasteiger partial charge in [-0.05, 0) is 48.4 Å². The largest absolute Gasteiger partial charge is 0.445 e. The number of rotatable bonds is 15. The van der Waals surface area contributed by atoms with Crippen LogP contribution in [-0.4, -0.2) is 58.4 Å². The van der Waals surface area contributed by atoms with Gasteiger partial charge in [-0.3, -0.25) is 14.5 Å². The Morgan fingerprint density at radius 1 is 0.887 bits per heavy atom. The number of nitrogens with zero attached hydrogens (tertiary/aromatic N) is 2. The maximum atomic E-state index is 14.3. The third-order valence-corrected chi connectivity index (χ3v) is 8.85. The number of aliphatic hydroxyl groups is 1. The third kappa shape index (κ3) is 10.2. The van der Waals surface area contributed by atoms with Crippen LogP contribution in [0.25, 0.3) is 10.8 Å². The van der Waals surface area contributed by atoms with Crippen LogP contribution in [0.4, 0.5) is 10.5 Å². The van der Waals surface area contributed by atoms with Crippen molar-refractivity contribution in [2.75, 3.05) is 11.6 Å². The summed E-state index contributed by atoms with van der Waals surface area (Å²) in [6.07, 6.45) is 1.46. The molecule has 0 aromatic heterocycles. The highest BCUT2D eigenvalue weighted by molar-refractivity contribution is 5.96. The number of ether oxygens (including phenoxy) is 2. The SMILES string of the molecule is CC(C)CCCC(O)(NC(=O)C(CC1=CN(C(=O)[C@H](C)N)CN1c1cccc2ccccc12)NC(=O)OCc1ccccc1)C(=O)Oc1ccccc1. The van der Waals surface area contributed by atoms with E-state index in [4.69, 9.17) is 15.2 Å². The lowest BCUT2D eigenvalue weighted by atomic mass is 9.99. The van der Waals surface area contributed by atoms with E-state index in [1.54, 1.807) is 55.6 Å². The zero-order valence-electron chi connectivity index (χ0n) is 30.2. The minimum Gasteiger partial charge on any atom is -0.445 e. The molecule has 5 rings (SSSR count). The molecule has 53 heavy (non-hydrogen) atoms. The molecule has 1 aliphatic heterocycles. The first-order valence-electron chi connectivity index (χ1n) is 17.7. The first kappa shape index (κ1) is 38.5. The fraction of sp³-hybridized carbons (Fsp3) is 0.317. The standard InChI is InChI=1S/C41H47N5O7/c1-28(2)14-13-23-41(51,39(49)53-33-19-8-5-9-20-33)44-37(47)35(43-40(50)52-26-30-15-6-4-7-16-30)24-32-25-45(38(48)29(3)42)27-46(32)36-22-12-18-31-17-10-11-21-34(31)36/h4-12,15-22,25,28-29,35,51H,13-14,23-24,26-27,42H2,1-3H3,(H,43,50)(H,44,47)/t29-,35?,41?/m0/s1. The molecule has 3 amide bonds. The zero-order valence-corrected chi connectivity index (χ0v) is 30.2. The molecule has 12 nitrogen and oxygen atoms in total. The Morgan fingerprint density at radius 3 is 2.25 bits per heavy atom. The summed E-state index contributed by atoms with van der Waals surface area (Å²) in [6.45, 7) is 5.64. The van der Waals surface area contributed by atoms with Crippen LogP contribution < -0.4 is 26.0 Å². The molecule has 0 radical (unpaired) electrons. The Morgan fingerprint density at radius 2 is 1.55 bits per heavy atom. The molecule has 0 aliphatic carbocycles. The van der Waals surface area contributed by atoms with E-state index in [1.165, 1.54) is 4.90 Å². The van der Waals surface area contributed by atoms with Gasteiger partial charge in [0.05, 0.1) is 11.7 Å². The van der Waals surface area contributed by atoms with E-state index >= 15 is 0 Å². The maximum absolute atomic E-state index is 14.3. The lowest BCUT2D eigenvalue weighted by molar-refractivity contribution is -0.164. The van der Waals surface area contributed by atoms with Crippen LogP contribution in [0, 0.1) is 5.92 Å². The number of carbonyl (C=O) groups is 4. The van der Waals surface area contributed by atoms with Crippen molar-refractivity contribution < 1.29 is 33.8 Å². The fourth-order valence-electron chi connectivity index (χ4n) is 6.04. The van der Waals surface area contributed by atoms with Crippen molar-refractivity contribution in [3.05, 3.63) is 121 Å². The van der Waals surface area contributed by atoms with E-state index < -0.39 is 35.8 Å². The number of esters is 1. The molecule has 4 aromatic carbocycles. The number of hydrogen-bond acceptors (Lipinski definition) is 9. The Bertz CT molecular complexity index is 1910. The van der Waals surface area contributed by atoms with Crippen molar-refractivity contribution in [3.63, 3.8) is 0 Å². The van der Waals surface area contributed by atoms with E-state index in [0.717, 1.165) is 22.0 Å². The Labute approximate surface area is 309 Å². The number of nitrogens with one attached hydrogen (secondary N) is 2. The Balaban J connectivity index is 1.47. The summed E-state index contributed by atoms with van der Waals surface area (Å²) in [4.78, 5) is 57.7. The minimum absolute atomic E-state index is 0.0644. The number of alkyl carbamates (subject to hydrolysis) is 1. The van der Waals surface area contributed by atoms with Crippen LogP contribution >= 0.6 is 0 Å². The van der Waals surface area contributed by atoms with Gasteiger partial charge in [0.25, 0.3) is 0 Å². The molecule has 1 aliphatic rings. The molecule has 0 spiro atoms. The summed E-state index contributed by atoms with van der Waals surface area (Å²) in [5.41, 5.74) is 5.55. The molecule has 4 aromatic rings. The molecule has 12 heteroatoms. The molecule has 1 heterocycles. The van der Waals surface area contributed by atoms with Gasteiger partial charge >= 0.3 is 12.1 Å². The number of nitrogens with two attached hydrogens (primary N) is 1. The summed E-state index contributed by atoms with van der Waals surface area (Å²) in [7, 11) is 0. The second-order valence-electron chi connectivity index (χ2n) is 13.6. The topological polar surface area (TPSA) is 164 Å². The van der Waals surface area contributed by atoms with E-state index in [2.05, 4.69) is 10.6 Å². The highest BCUT2D eigenvalue weighted by Crippen LogP contribution is 2.34. The van der Waals surface area contributed by atoms with Gasteiger partial charge in [0.2, 0.25) is 17.5 Å². The molecule has 3 atom stereocenters. The summed E-state index contributed by atoms with van der Waals surface area (Å²) in [6, 6.07) is 28.6. The molecular formula is C41H47N5O7. The normalized spacial score (nSPS) is 14.9. The Hall–Kier alpha value is -5.72. The fourth-order valence-corrected chi connectivity index (χ4v) is 6.04. The molecule has 278 valence electrons. The third-order valence-electron chi connectivity index (χ3n) is 8.85. The van der Waals surface area contributed by atoms with Gasteiger partial charge in [-0.25, -0.2) is 9.59 Å². The highest BCUT2D eigenvalue weighted by Gasteiger charge is 2.42. The second kappa shape index (κ2) is 17.7. The predicted molar refractivity (Wildman–Crippen MR) is 202 cm³/mol. The molecule has 0 saturated carbocycles. The van der Waals surface area contributed by atoms with Gasteiger partial charge in [-0.15, -0.1) is 0 Å². The lowest BCUT2D eigenvalue weighted by Crippen LogP contribution is -2.60. The number of carbonyl (C=O) groups excluding carboxylic acids is 4. The van der Waals surface area contributed by atoms with Gasteiger partial charge < -0.3 is 35.8 Å². The number of hydrogen-bond donors (Lipinski definition) is 4. The van der Waals surface area contributed by atoms with Gasteiger partial charge in [0.15, 0.2) is 0 Å². The number of benzene rings is 4. The minimum atomic E-state index is -2.44. The van der Waals surface area contributed by atoms with E-state index in [1.807, 2.05) is 79.4 Å². The van der Waals surface area contributed by atoms with Gasteiger partial charge in [-0.1, -0.05) is 105 Å². The number of fused-ring (bicyclic) bond motifs is 1. The Kier molecular flexibility index (Phi) is 12.8. The molecule has 0 fully saturated rings. The van der Waals surface area contributed by atoms with Gasteiger partial charge in [-0.2, -0.15) is 0 Å². The first-order chi connectivity index (χ1) is 25.4. The van der Waals surface area contributed by atoms with E-state index in [9.17, 15) is 24.3 Å². The lowest BCUT2D eigenvalue weighted by Gasteiger charge is -2.31. The first-order valence-corrected chi connectivity index (χ1v) is 17.7. The van der Waals surface area contributed by atoms with Crippen LogP contribution in [0.2, 0.25) is 0 Å². The van der Waals surface area contributed by atoms with Crippen molar-refractivity contribution in [3.8, 4) is 5.75 Å². The quantitative estimate of drug-likeness (QED) is 0.0700. The summed E-state index contributed by atoms with van der Waals surface area (Å²) < 4.78 is 11.0. The molecule has 2 unspecified atom stereocenters. The summed E-state index contributed by atoms with van der Waals surface area (Å²) in [5, 5.41) is 18.8. The van der Waals surface area contributed by atoms with E-state index in [0.29, 0.717) is 18.5 Å². The van der Waals surface area contributed by atoms with Crippen LogP contribution in [0.5, 0.6) is 5.75 Å². The average molecular weight is 722 g/mol. The van der Waals surface area contributed by atoms with Gasteiger partial charge in [0.1, 0.15) is 25.1 Å². The van der Waals surface area contributed by atoms with Crippen molar-refractivity contribution in [1.82, 2.24) is 15.5 Å². The van der Waals surface area contributed by atoms with Crippen molar-refractivity contribution >= 4 is 40.3 Å². The van der Waals surface area contributed by atoms with Crippen molar-refractivity contribution in [2.45, 2.75) is 70.9 Å². The molecule has 0 saturated heterocycles. The molecule has 0 bridgehead atoms. The molecular weight excluding hydrogens is 674 g/mol. The number of amides is 3. The highest BCUT2D eigenvalue weighted by atomic mass is 16.6. The summed E-state index contributed by atoms with van der Waals surface area (Å²) >= 11 is 0. The van der Waals surface area contributed by atoms with Gasteiger partial charge in [0, 0.05) is 30.1 Å². The molecule has 5 N–H and O–H groups in total. The van der Waals surface area contributed by atoms with Crippen LogP contribution in [0.3, 0.4) is 0 Å².